The minimum absolute atomic E-state index is 0.0400. The van der Waals surface area contributed by atoms with Gasteiger partial charge >= 0.3 is 5.69 Å². The number of nitrogens with two attached hydrogens (primary N) is 1. The van der Waals surface area contributed by atoms with Crippen molar-refractivity contribution < 1.29 is 9.13 Å². The van der Waals surface area contributed by atoms with Crippen LogP contribution in [-0.2, 0) is 4.74 Å². The summed E-state index contributed by atoms with van der Waals surface area (Å²) in [6.45, 7) is 9.64. The molecule has 2 atom stereocenters. The Labute approximate surface area is 125 Å². The second-order valence-corrected chi connectivity index (χ2v) is 3.86. The number of rotatable bonds is 5. The van der Waals surface area contributed by atoms with Crippen LogP contribution in [0.15, 0.2) is 15.8 Å². The lowest BCUT2D eigenvalue weighted by Gasteiger charge is -2.22. The van der Waals surface area contributed by atoms with Crippen molar-refractivity contribution in [3.05, 3.63) is 32.9 Å². The number of halogens is 1. The molecule has 0 aliphatic carbocycles. The maximum atomic E-state index is 13.1. The van der Waals surface area contributed by atoms with Gasteiger partial charge in [0.15, 0.2) is 0 Å². The predicted octanol–water partition coefficient (Wildman–Crippen LogP) is 2.00. The number of hydrogen-bond acceptors (Lipinski definition) is 4. The Bertz CT molecular complexity index is 485. The van der Waals surface area contributed by atoms with Crippen LogP contribution in [0.1, 0.15) is 53.7 Å². The van der Waals surface area contributed by atoms with Crippen LogP contribution in [0.4, 0.5) is 4.39 Å². The quantitative estimate of drug-likeness (QED) is 0.870. The smallest absolute Gasteiger partial charge is 0.330 e. The van der Waals surface area contributed by atoms with Gasteiger partial charge in [-0.25, -0.2) is 4.79 Å². The van der Waals surface area contributed by atoms with Crippen LogP contribution < -0.4 is 17.0 Å². The zero-order chi connectivity index (χ0) is 17.0. The number of aromatic nitrogens is 2. The molecule has 1 aromatic heterocycles. The second-order valence-electron chi connectivity index (χ2n) is 3.86. The Morgan fingerprint density at radius 2 is 1.81 bits per heavy atom. The van der Waals surface area contributed by atoms with E-state index in [4.69, 9.17) is 4.74 Å². The third-order valence-corrected chi connectivity index (χ3v) is 2.55. The first-order chi connectivity index (χ1) is 9.99. The highest BCUT2D eigenvalue weighted by atomic mass is 19.1. The molecular formula is C14H28FN3O3. The van der Waals surface area contributed by atoms with E-state index in [1.807, 2.05) is 39.6 Å². The minimum Gasteiger partial charge on any atom is -0.355 e. The maximum absolute atomic E-state index is 13.1. The topological polar surface area (TPSA) is 90.1 Å². The fourth-order valence-corrected chi connectivity index (χ4v) is 1.40. The van der Waals surface area contributed by atoms with Crippen LogP contribution in [0.3, 0.4) is 0 Å². The molecule has 0 bridgehead atoms. The van der Waals surface area contributed by atoms with Crippen LogP contribution in [-0.4, -0.2) is 22.7 Å². The van der Waals surface area contributed by atoms with Gasteiger partial charge in [-0.1, -0.05) is 27.7 Å². The Hall–Kier alpha value is -1.47. The van der Waals surface area contributed by atoms with Gasteiger partial charge in [0, 0.05) is 0 Å². The molecule has 0 saturated carbocycles. The van der Waals surface area contributed by atoms with E-state index in [1.54, 1.807) is 0 Å². The van der Waals surface area contributed by atoms with Crippen molar-refractivity contribution in [2.24, 2.45) is 5.73 Å². The lowest BCUT2D eigenvalue weighted by atomic mass is 10.3. The molecule has 2 unspecified atom stereocenters. The first-order valence-electron chi connectivity index (χ1n) is 7.23. The van der Waals surface area contributed by atoms with Crippen molar-refractivity contribution in [2.45, 2.75) is 59.8 Å². The van der Waals surface area contributed by atoms with Crippen LogP contribution in [0.2, 0.25) is 0 Å². The van der Waals surface area contributed by atoms with Crippen molar-refractivity contribution in [3.63, 3.8) is 0 Å². The highest BCUT2D eigenvalue weighted by Gasteiger charge is 2.15. The molecule has 0 aliphatic heterocycles. The summed E-state index contributed by atoms with van der Waals surface area (Å²) in [4.78, 5) is 24.3. The van der Waals surface area contributed by atoms with E-state index in [0.29, 0.717) is 6.42 Å². The molecule has 0 saturated heterocycles. The summed E-state index contributed by atoms with van der Waals surface area (Å²) >= 11 is 0. The van der Waals surface area contributed by atoms with E-state index in [9.17, 15) is 14.0 Å². The highest BCUT2D eigenvalue weighted by Crippen LogP contribution is 2.14. The van der Waals surface area contributed by atoms with Gasteiger partial charge < -0.3 is 10.5 Å². The predicted molar refractivity (Wildman–Crippen MR) is 82.9 cm³/mol. The van der Waals surface area contributed by atoms with E-state index in [-0.39, 0.29) is 6.10 Å². The SMILES string of the molecule is CC.CCC(C)OC(CC)n1cc(F)c(=O)[nH]c1=O.CN. The van der Waals surface area contributed by atoms with Gasteiger partial charge in [0.25, 0.3) is 5.56 Å². The number of H-pyrrole nitrogens is 1. The lowest BCUT2D eigenvalue weighted by Crippen LogP contribution is -2.35. The zero-order valence-electron chi connectivity index (χ0n) is 13.8. The van der Waals surface area contributed by atoms with Gasteiger partial charge in [0.1, 0.15) is 6.23 Å². The highest BCUT2D eigenvalue weighted by molar-refractivity contribution is 4.88. The Morgan fingerprint density at radius 1 is 1.29 bits per heavy atom. The molecule has 0 aliphatic rings. The molecule has 1 heterocycles. The number of nitrogens with one attached hydrogen (secondary N) is 1. The second kappa shape index (κ2) is 12.3. The molecule has 0 fully saturated rings. The minimum atomic E-state index is -1.01. The standard InChI is InChI=1S/C11H17FN2O3.C2H6.CH5N/c1-4-7(3)17-9(5-2)14-6-8(12)10(15)13-11(14)16;2*1-2/h6-7,9H,4-5H2,1-3H3,(H,13,15,16);1-2H3;2H2,1H3. The number of ether oxygens (including phenoxy) is 1. The summed E-state index contributed by atoms with van der Waals surface area (Å²) in [5.41, 5.74) is 2.83. The molecule has 7 heteroatoms. The van der Waals surface area contributed by atoms with Gasteiger partial charge in [0.2, 0.25) is 5.82 Å². The number of hydrogen-bond donors (Lipinski definition) is 2. The van der Waals surface area contributed by atoms with Crippen LogP contribution in [0.5, 0.6) is 0 Å². The summed E-state index contributed by atoms with van der Waals surface area (Å²) in [6, 6.07) is 0. The first kappa shape index (κ1) is 21.8. The lowest BCUT2D eigenvalue weighted by molar-refractivity contribution is -0.0517. The normalized spacial score (nSPS) is 12.4. The average molecular weight is 305 g/mol. The van der Waals surface area contributed by atoms with Crippen molar-refractivity contribution in [2.75, 3.05) is 7.05 Å². The van der Waals surface area contributed by atoms with Crippen molar-refractivity contribution in [1.29, 1.82) is 0 Å². The van der Waals surface area contributed by atoms with E-state index >= 15 is 0 Å². The van der Waals surface area contributed by atoms with E-state index in [0.717, 1.165) is 17.2 Å². The molecular weight excluding hydrogens is 277 g/mol. The fourth-order valence-electron chi connectivity index (χ4n) is 1.40. The Morgan fingerprint density at radius 3 is 2.24 bits per heavy atom. The largest absolute Gasteiger partial charge is 0.355 e. The molecule has 124 valence electrons. The van der Waals surface area contributed by atoms with Crippen LogP contribution >= 0.6 is 0 Å². The fraction of sp³-hybridized carbons (Fsp3) is 0.714. The Kier molecular flexibility index (Phi) is 12.8. The molecule has 21 heavy (non-hydrogen) atoms. The molecule has 0 aromatic carbocycles. The first-order valence-corrected chi connectivity index (χ1v) is 7.23. The number of aromatic amines is 1. The van der Waals surface area contributed by atoms with Gasteiger partial charge in [0.05, 0.1) is 12.3 Å². The zero-order valence-corrected chi connectivity index (χ0v) is 13.8. The molecule has 0 amide bonds. The van der Waals surface area contributed by atoms with Crippen LogP contribution in [0, 0.1) is 5.82 Å². The summed E-state index contributed by atoms with van der Waals surface area (Å²) in [5.74, 6) is -0.990. The van der Waals surface area contributed by atoms with Gasteiger partial charge in [-0.15, -0.1) is 0 Å². The summed E-state index contributed by atoms with van der Waals surface area (Å²) in [6.07, 6.45) is 1.58. The molecule has 6 nitrogen and oxygen atoms in total. The average Bonchev–Trinajstić information content (AvgIpc) is 2.52. The van der Waals surface area contributed by atoms with Gasteiger partial charge in [-0.2, -0.15) is 4.39 Å². The monoisotopic (exact) mass is 305 g/mol. The molecule has 1 aromatic rings. The molecule has 3 N–H and O–H groups in total. The third-order valence-electron chi connectivity index (χ3n) is 2.55. The summed E-state index contributed by atoms with van der Waals surface area (Å²) < 4.78 is 19.8. The van der Waals surface area contributed by atoms with E-state index < -0.39 is 23.3 Å². The van der Waals surface area contributed by atoms with Crippen molar-refractivity contribution in [1.82, 2.24) is 9.55 Å². The maximum Gasteiger partial charge on any atom is 0.330 e. The number of nitrogens with zero attached hydrogens (tertiary/aromatic N) is 1. The summed E-state index contributed by atoms with van der Waals surface area (Å²) in [7, 11) is 1.50. The molecule has 0 spiro atoms. The van der Waals surface area contributed by atoms with E-state index in [1.165, 1.54) is 7.05 Å². The van der Waals surface area contributed by atoms with Crippen molar-refractivity contribution >= 4 is 0 Å². The Balaban J connectivity index is 0. The van der Waals surface area contributed by atoms with Gasteiger partial charge in [-0.3, -0.25) is 14.3 Å². The molecule has 1 rings (SSSR count). The van der Waals surface area contributed by atoms with Crippen molar-refractivity contribution in [3.8, 4) is 0 Å². The summed E-state index contributed by atoms with van der Waals surface area (Å²) in [5, 5.41) is 0. The third kappa shape index (κ3) is 7.19. The van der Waals surface area contributed by atoms with Crippen LogP contribution in [0.25, 0.3) is 0 Å². The van der Waals surface area contributed by atoms with E-state index in [2.05, 4.69) is 5.73 Å². The molecule has 0 radical (unpaired) electrons. The van der Waals surface area contributed by atoms with Gasteiger partial charge in [-0.05, 0) is 26.8 Å².